The van der Waals surface area contributed by atoms with Crippen LogP contribution in [0.15, 0.2) is 46.9 Å². The zero-order valence-electron chi connectivity index (χ0n) is 12.1. The first-order valence-corrected chi connectivity index (χ1v) is 7.24. The second-order valence-electron chi connectivity index (χ2n) is 5.49. The number of carbonyl (C=O) groups excluding carboxylic acids is 1. The predicted molar refractivity (Wildman–Crippen MR) is 84.8 cm³/mol. The van der Waals surface area contributed by atoms with Crippen molar-refractivity contribution in [1.82, 2.24) is 4.98 Å². The van der Waals surface area contributed by atoms with Crippen LogP contribution in [0.2, 0.25) is 0 Å². The molecule has 0 aliphatic carbocycles. The van der Waals surface area contributed by atoms with E-state index >= 15 is 0 Å². The van der Waals surface area contributed by atoms with E-state index in [1.165, 1.54) is 0 Å². The first-order chi connectivity index (χ1) is 10.7. The van der Waals surface area contributed by atoms with E-state index in [2.05, 4.69) is 15.6 Å². The van der Waals surface area contributed by atoms with Crippen molar-refractivity contribution in [1.29, 1.82) is 0 Å². The molecule has 1 unspecified atom stereocenters. The van der Waals surface area contributed by atoms with E-state index in [-0.39, 0.29) is 11.9 Å². The first kappa shape index (κ1) is 12.9. The topological polar surface area (TPSA) is 67.2 Å². The summed E-state index contributed by atoms with van der Waals surface area (Å²) >= 11 is 0. The Hall–Kier alpha value is -2.82. The Kier molecular flexibility index (Phi) is 2.85. The molecule has 110 valence electrons. The maximum Gasteiger partial charge on any atom is 0.296 e. The van der Waals surface area contributed by atoms with Crippen molar-refractivity contribution in [3.63, 3.8) is 0 Å². The third-order valence-electron chi connectivity index (χ3n) is 3.89. The lowest BCUT2D eigenvalue weighted by atomic mass is 10.0. The molecule has 4 rings (SSSR count). The Labute approximate surface area is 127 Å². The average Bonchev–Trinajstić information content (AvgIpc) is 3.07. The fourth-order valence-electron chi connectivity index (χ4n) is 2.72. The number of benzene rings is 2. The van der Waals surface area contributed by atoms with E-state index in [1.807, 2.05) is 49.4 Å². The number of hydrogen-bond donors (Lipinski definition) is 2. The lowest BCUT2D eigenvalue weighted by Crippen LogP contribution is -2.07. The Morgan fingerprint density at radius 2 is 2.14 bits per heavy atom. The molecule has 1 aliphatic heterocycles. The third kappa shape index (κ3) is 2.20. The number of anilines is 2. The minimum Gasteiger partial charge on any atom is -0.424 e. The van der Waals surface area contributed by atoms with Gasteiger partial charge in [-0.1, -0.05) is 24.3 Å². The summed E-state index contributed by atoms with van der Waals surface area (Å²) in [6, 6.07) is 14.2. The van der Waals surface area contributed by atoms with Crippen LogP contribution >= 0.6 is 0 Å². The number of oxazole rings is 1. The predicted octanol–water partition coefficient (Wildman–Crippen LogP) is 3.50. The third-order valence-corrected chi connectivity index (χ3v) is 3.89. The van der Waals surface area contributed by atoms with E-state index in [4.69, 9.17) is 4.42 Å². The van der Waals surface area contributed by atoms with Crippen molar-refractivity contribution in [2.24, 2.45) is 0 Å². The van der Waals surface area contributed by atoms with E-state index in [1.54, 1.807) is 0 Å². The van der Waals surface area contributed by atoms with Crippen molar-refractivity contribution in [2.75, 3.05) is 10.6 Å². The molecule has 5 heteroatoms. The molecule has 2 heterocycles. The van der Waals surface area contributed by atoms with Gasteiger partial charge in [-0.15, -0.1) is 0 Å². The number of aromatic nitrogens is 1. The number of para-hydroxylation sites is 2. The van der Waals surface area contributed by atoms with Crippen molar-refractivity contribution in [3.05, 3.63) is 53.6 Å². The van der Waals surface area contributed by atoms with Gasteiger partial charge in [0.25, 0.3) is 6.01 Å². The van der Waals surface area contributed by atoms with Crippen molar-refractivity contribution < 1.29 is 9.21 Å². The SMILES string of the molecule is CC(Nc1nc2ccccc2o1)c1ccc2c(c1)CC(=O)N2. The normalized spacial score (nSPS) is 14.7. The highest BCUT2D eigenvalue weighted by Crippen LogP contribution is 2.28. The van der Waals surface area contributed by atoms with Crippen molar-refractivity contribution in [3.8, 4) is 0 Å². The van der Waals surface area contributed by atoms with E-state index in [9.17, 15) is 4.79 Å². The lowest BCUT2D eigenvalue weighted by Gasteiger charge is -2.13. The fourth-order valence-corrected chi connectivity index (χ4v) is 2.72. The molecule has 0 radical (unpaired) electrons. The van der Waals surface area contributed by atoms with Gasteiger partial charge in [-0.25, -0.2) is 0 Å². The lowest BCUT2D eigenvalue weighted by molar-refractivity contribution is -0.115. The van der Waals surface area contributed by atoms with Crippen LogP contribution in [0, 0.1) is 0 Å². The van der Waals surface area contributed by atoms with Gasteiger partial charge in [0.1, 0.15) is 5.52 Å². The molecule has 1 atom stereocenters. The van der Waals surface area contributed by atoms with Gasteiger partial charge in [0.2, 0.25) is 5.91 Å². The molecule has 2 aromatic carbocycles. The quantitative estimate of drug-likeness (QED) is 0.775. The Balaban J connectivity index is 1.58. The number of nitrogens with zero attached hydrogens (tertiary/aromatic N) is 1. The molecule has 2 N–H and O–H groups in total. The Morgan fingerprint density at radius 1 is 1.27 bits per heavy atom. The minimum atomic E-state index is 0.0362. The number of rotatable bonds is 3. The summed E-state index contributed by atoms with van der Waals surface area (Å²) in [6.45, 7) is 2.04. The second-order valence-corrected chi connectivity index (χ2v) is 5.49. The van der Waals surface area contributed by atoms with E-state index < -0.39 is 0 Å². The summed E-state index contributed by atoms with van der Waals surface area (Å²) in [4.78, 5) is 15.8. The van der Waals surface area contributed by atoms with Crippen LogP contribution in [0.25, 0.3) is 11.1 Å². The van der Waals surface area contributed by atoms with Crippen LogP contribution in [0.5, 0.6) is 0 Å². The Morgan fingerprint density at radius 3 is 3.00 bits per heavy atom. The highest BCUT2D eigenvalue weighted by atomic mass is 16.4. The summed E-state index contributed by atoms with van der Waals surface area (Å²) < 4.78 is 5.68. The highest BCUT2D eigenvalue weighted by Gasteiger charge is 2.19. The summed E-state index contributed by atoms with van der Waals surface area (Å²) in [6.07, 6.45) is 0.443. The molecule has 0 spiro atoms. The Bertz CT molecular complexity index is 836. The van der Waals surface area contributed by atoms with Gasteiger partial charge in [-0.2, -0.15) is 4.98 Å². The summed E-state index contributed by atoms with van der Waals surface area (Å²) in [7, 11) is 0. The van der Waals surface area contributed by atoms with Gasteiger partial charge < -0.3 is 15.1 Å². The molecule has 3 aromatic rings. The summed E-state index contributed by atoms with van der Waals surface area (Å²) in [5.74, 6) is 0.0479. The molecular formula is C17H15N3O2. The van der Waals surface area contributed by atoms with E-state index in [0.717, 1.165) is 27.9 Å². The molecule has 0 saturated heterocycles. The van der Waals surface area contributed by atoms with Crippen LogP contribution in [-0.4, -0.2) is 10.9 Å². The number of carbonyl (C=O) groups is 1. The molecule has 5 nitrogen and oxygen atoms in total. The van der Waals surface area contributed by atoms with Gasteiger partial charge in [0.05, 0.1) is 12.5 Å². The molecule has 0 fully saturated rings. The summed E-state index contributed by atoms with van der Waals surface area (Å²) in [5.41, 5.74) is 4.64. The van der Waals surface area contributed by atoms with Gasteiger partial charge in [0, 0.05) is 5.69 Å². The van der Waals surface area contributed by atoms with Gasteiger partial charge >= 0.3 is 0 Å². The maximum atomic E-state index is 11.4. The molecule has 22 heavy (non-hydrogen) atoms. The molecule has 1 aliphatic rings. The van der Waals surface area contributed by atoms with Gasteiger partial charge in [-0.05, 0) is 36.2 Å². The maximum absolute atomic E-state index is 11.4. The number of fused-ring (bicyclic) bond motifs is 2. The van der Waals surface area contributed by atoms with Crippen LogP contribution in [0.3, 0.4) is 0 Å². The molecule has 0 saturated carbocycles. The van der Waals surface area contributed by atoms with Crippen LogP contribution in [0.1, 0.15) is 24.1 Å². The summed E-state index contributed by atoms with van der Waals surface area (Å²) in [5, 5.41) is 6.11. The monoisotopic (exact) mass is 293 g/mol. The largest absolute Gasteiger partial charge is 0.424 e. The van der Waals surface area contributed by atoms with Crippen LogP contribution in [-0.2, 0) is 11.2 Å². The number of nitrogens with one attached hydrogen (secondary N) is 2. The molecule has 0 bridgehead atoms. The van der Waals surface area contributed by atoms with Crippen LogP contribution in [0.4, 0.5) is 11.7 Å². The van der Waals surface area contributed by atoms with E-state index in [0.29, 0.717) is 12.4 Å². The standard InChI is InChI=1S/C17H15N3O2/c1-10(11-6-7-13-12(8-11)9-16(21)19-13)18-17-20-14-4-2-3-5-15(14)22-17/h2-8,10H,9H2,1H3,(H,18,20)(H,19,21). The van der Waals surface area contributed by atoms with Crippen molar-refractivity contribution in [2.45, 2.75) is 19.4 Å². The smallest absolute Gasteiger partial charge is 0.296 e. The van der Waals surface area contributed by atoms with Gasteiger partial charge in [0.15, 0.2) is 5.58 Å². The van der Waals surface area contributed by atoms with Crippen molar-refractivity contribution >= 4 is 28.7 Å². The molecule has 1 aromatic heterocycles. The zero-order chi connectivity index (χ0) is 15.1. The van der Waals surface area contributed by atoms with Gasteiger partial charge in [-0.3, -0.25) is 4.79 Å². The highest BCUT2D eigenvalue weighted by molar-refractivity contribution is 5.99. The number of hydrogen-bond acceptors (Lipinski definition) is 4. The zero-order valence-corrected chi connectivity index (χ0v) is 12.1. The minimum absolute atomic E-state index is 0.0362. The average molecular weight is 293 g/mol. The fraction of sp³-hybridized carbons (Fsp3) is 0.176. The molecule has 1 amide bonds. The van der Waals surface area contributed by atoms with Crippen LogP contribution < -0.4 is 10.6 Å². The number of amides is 1. The first-order valence-electron chi connectivity index (χ1n) is 7.24. The molecular weight excluding hydrogens is 278 g/mol. The second kappa shape index (κ2) is 4.87.